The minimum Gasteiger partial charge on any atom is -0.494 e. The SMILES string of the molecule is CNC(c1ccnc(C)c1)c1ccc(OC)c(F)c1. The van der Waals surface area contributed by atoms with Crippen LogP contribution in [0.15, 0.2) is 36.5 Å². The smallest absolute Gasteiger partial charge is 0.165 e. The summed E-state index contributed by atoms with van der Waals surface area (Å²) in [5.74, 6) is -0.101. The molecule has 0 saturated heterocycles. The molecule has 0 amide bonds. The third-order valence-corrected chi connectivity index (χ3v) is 3.05. The van der Waals surface area contributed by atoms with E-state index >= 15 is 0 Å². The second-order valence-electron chi connectivity index (χ2n) is 4.35. The second kappa shape index (κ2) is 5.80. The van der Waals surface area contributed by atoms with Crippen LogP contribution in [0.5, 0.6) is 5.75 Å². The first-order chi connectivity index (χ1) is 9.15. The lowest BCUT2D eigenvalue weighted by atomic mass is 9.99. The molecule has 0 radical (unpaired) electrons. The average Bonchev–Trinajstić information content (AvgIpc) is 2.40. The number of pyridine rings is 1. The molecule has 19 heavy (non-hydrogen) atoms. The van der Waals surface area contributed by atoms with Crippen molar-refractivity contribution in [3.8, 4) is 5.75 Å². The highest BCUT2D eigenvalue weighted by Gasteiger charge is 2.14. The Bertz CT molecular complexity index is 572. The van der Waals surface area contributed by atoms with E-state index < -0.39 is 0 Å². The van der Waals surface area contributed by atoms with Crippen LogP contribution < -0.4 is 10.1 Å². The van der Waals surface area contributed by atoms with Crippen LogP contribution in [0.1, 0.15) is 22.9 Å². The summed E-state index contributed by atoms with van der Waals surface area (Å²) in [7, 11) is 3.31. The summed E-state index contributed by atoms with van der Waals surface area (Å²) < 4.78 is 18.7. The molecule has 0 spiro atoms. The number of nitrogens with zero attached hydrogens (tertiary/aromatic N) is 1. The van der Waals surface area contributed by atoms with E-state index in [-0.39, 0.29) is 17.6 Å². The van der Waals surface area contributed by atoms with E-state index in [0.717, 1.165) is 16.8 Å². The predicted molar refractivity (Wildman–Crippen MR) is 72.8 cm³/mol. The van der Waals surface area contributed by atoms with Crippen molar-refractivity contribution in [1.29, 1.82) is 0 Å². The van der Waals surface area contributed by atoms with Gasteiger partial charge in [-0.05, 0) is 49.4 Å². The molecule has 2 aromatic rings. The summed E-state index contributed by atoms with van der Waals surface area (Å²) in [5.41, 5.74) is 2.85. The lowest BCUT2D eigenvalue weighted by Gasteiger charge is -2.18. The number of aromatic nitrogens is 1. The summed E-state index contributed by atoms with van der Waals surface area (Å²) in [5, 5.41) is 3.19. The number of methoxy groups -OCH3 is 1. The molecule has 1 N–H and O–H groups in total. The standard InChI is InChI=1S/C15H17FN2O/c1-10-8-12(6-7-18-10)15(17-2)11-4-5-14(19-3)13(16)9-11/h4-9,15,17H,1-3H3. The molecule has 4 heteroatoms. The van der Waals surface area contributed by atoms with Crippen LogP contribution in [-0.4, -0.2) is 19.1 Å². The third-order valence-electron chi connectivity index (χ3n) is 3.05. The van der Waals surface area contributed by atoms with Gasteiger partial charge in [0.15, 0.2) is 11.6 Å². The fourth-order valence-corrected chi connectivity index (χ4v) is 2.14. The molecule has 2 rings (SSSR count). The summed E-state index contributed by atoms with van der Waals surface area (Å²) in [6, 6.07) is 8.85. The molecule has 100 valence electrons. The van der Waals surface area contributed by atoms with Crippen molar-refractivity contribution in [3.63, 3.8) is 0 Å². The number of hydrogen-bond acceptors (Lipinski definition) is 3. The van der Waals surface area contributed by atoms with Gasteiger partial charge in [-0.2, -0.15) is 0 Å². The number of rotatable bonds is 4. The van der Waals surface area contributed by atoms with Gasteiger partial charge in [-0.25, -0.2) is 4.39 Å². The van der Waals surface area contributed by atoms with E-state index in [1.54, 1.807) is 12.3 Å². The van der Waals surface area contributed by atoms with Gasteiger partial charge < -0.3 is 10.1 Å². The average molecular weight is 260 g/mol. The molecule has 0 fully saturated rings. The first-order valence-electron chi connectivity index (χ1n) is 6.09. The molecule has 3 nitrogen and oxygen atoms in total. The Morgan fingerprint density at radius 2 is 1.95 bits per heavy atom. The van der Waals surface area contributed by atoms with Crippen LogP contribution >= 0.6 is 0 Å². The number of ether oxygens (including phenoxy) is 1. The third kappa shape index (κ3) is 2.90. The van der Waals surface area contributed by atoms with E-state index in [2.05, 4.69) is 10.3 Å². The lowest BCUT2D eigenvalue weighted by Crippen LogP contribution is -2.18. The minimum absolute atomic E-state index is 0.0675. The highest BCUT2D eigenvalue weighted by atomic mass is 19.1. The maximum absolute atomic E-state index is 13.8. The zero-order valence-corrected chi connectivity index (χ0v) is 11.3. The van der Waals surface area contributed by atoms with Gasteiger partial charge in [-0.15, -0.1) is 0 Å². The maximum atomic E-state index is 13.8. The molecule has 0 bridgehead atoms. The van der Waals surface area contributed by atoms with E-state index in [1.165, 1.54) is 13.2 Å². The molecule has 0 aliphatic heterocycles. The molecule has 1 aromatic carbocycles. The Morgan fingerprint density at radius 1 is 1.21 bits per heavy atom. The Labute approximate surface area is 112 Å². The Hall–Kier alpha value is -1.94. The van der Waals surface area contributed by atoms with Gasteiger partial charge >= 0.3 is 0 Å². The number of hydrogen-bond donors (Lipinski definition) is 1. The van der Waals surface area contributed by atoms with Crippen molar-refractivity contribution >= 4 is 0 Å². The zero-order valence-electron chi connectivity index (χ0n) is 11.3. The van der Waals surface area contributed by atoms with Gasteiger partial charge in [0.1, 0.15) is 0 Å². The van der Waals surface area contributed by atoms with E-state index in [9.17, 15) is 4.39 Å². The fraction of sp³-hybridized carbons (Fsp3) is 0.267. The summed E-state index contributed by atoms with van der Waals surface area (Å²) in [4.78, 5) is 4.17. The fourth-order valence-electron chi connectivity index (χ4n) is 2.14. The number of nitrogens with one attached hydrogen (secondary N) is 1. The predicted octanol–water partition coefficient (Wildman–Crippen LogP) is 2.85. The van der Waals surface area contributed by atoms with Crippen LogP contribution in [0, 0.1) is 12.7 Å². The molecule has 1 unspecified atom stereocenters. The van der Waals surface area contributed by atoms with Gasteiger partial charge in [0.2, 0.25) is 0 Å². The highest BCUT2D eigenvalue weighted by molar-refractivity contribution is 5.36. The van der Waals surface area contributed by atoms with Crippen LogP contribution in [0.4, 0.5) is 4.39 Å². The normalized spacial score (nSPS) is 12.2. The molecular weight excluding hydrogens is 243 g/mol. The molecule has 0 aliphatic rings. The quantitative estimate of drug-likeness (QED) is 0.918. The van der Waals surface area contributed by atoms with Crippen LogP contribution in [0.25, 0.3) is 0 Å². The van der Waals surface area contributed by atoms with Crippen LogP contribution in [0.3, 0.4) is 0 Å². The van der Waals surface area contributed by atoms with Crippen molar-refractivity contribution in [3.05, 3.63) is 59.2 Å². The van der Waals surface area contributed by atoms with Crippen LogP contribution in [-0.2, 0) is 0 Å². The number of halogens is 1. The summed E-state index contributed by atoms with van der Waals surface area (Å²) in [6.45, 7) is 1.94. The Balaban J connectivity index is 2.39. The molecule has 1 heterocycles. The summed E-state index contributed by atoms with van der Waals surface area (Å²) >= 11 is 0. The minimum atomic E-state index is -0.356. The van der Waals surface area contributed by atoms with Crippen molar-refractivity contribution < 1.29 is 9.13 Å². The van der Waals surface area contributed by atoms with Gasteiger partial charge in [0.25, 0.3) is 0 Å². The van der Waals surface area contributed by atoms with Gasteiger partial charge in [-0.1, -0.05) is 6.07 Å². The van der Waals surface area contributed by atoms with Crippen molar-refractivity contribution in [2.45, 2.75) is 13.0 Å². The Kier molecular flexibility index (Phi) is 4.12. The van der Waals surface area contributed by atoms with Gasteiger partial charge in [-0.3, -0.25) is 4.98 Å². The van der Waals surface area contributed by atoms with Gasteiger partial charge in [0, 0.05) is 11.9 Å². The molecule has 1 aromatic heterocycles. The topological polar surface area (TPSA) is 34.2 Å². The van der Waals surface area contributed by atoms with E-state index in [4.69, 9.17) is 4.74 Å². The maximum Gasteiger partial charge on any atom is 0.165 e. The van der Waals surface area contributed by atoms with E-state index in [1.807, 2.05) is 32.2 Å². The second-order valence-corrected chi connectivity index (χ2v) is 4.35. The van der Waals surface area contributed by atoms with E-state index in [0.29, 0.717) is 0 Å². The molecule has 1 atom stereocenters. The van der Waals surface area contributed by atoms with Crippen LogP contribution in [0.2, 0.25) is 0 Å². The number of benzene rings is 1. The first-order valence-corrected chi connectivity index (χ1v) is 6.09. The number of aryl methyl sites for hydroxylation is 1. The molecule has 0 saturated carbocycles. The molecular formula is C15H17FN2O. The highest BCUT2D eigenvalue weighted by Crippen LogP contribution is 2.26. The van der Waals surface area contributed by atoms with Crippen molar-refractivity contribution in [1.82, 2.24) is 10.3 Å². The lowest BCUT2D eigenvalue weighted by molar-refractivity contribution is 0.386. The Morgan fingerprint density at radius 3 is 2.53 bits per heavy atom. The van der Waals surface area contributed by atoms with Crippen molar-refractivity contribution in [2.24, 2.45) is 0 Å². The summed E-state index contributed by atoms with van der Waals surface area (Å²) in [6.07, 6.45) is 1.76. The van der Waals surface area contributed by atoms with Crippen molar-refractivity contribution in [2.75, 3.05) is 14.2 Å². The first kappa shape index (κ1) is 13.5. The largest absolute Gasteiger partial charge is 0.494 e. The molecule has 0 aliphatic carbocycles. The monoisotopic (exact) mass is 260 g/mol. The zero-order chi connectivity index (χ0) is 13.8. The van der Waals surface area contributed by atoms with Gasteiger partial charge in [0.05, 0.1) is 13.2 Å².